The molecule has 2 N–H and O–H groups in total. The van der Waals surface area contributed by atoms with E-state index in [2.05, 4.69) is 20.5 Å². The van der Waals surface area contributed by atoms with Gasteiger partial charge in [0.05, 0.1) is 18.3 Å². The molecule has 128 valence electrons. The summed E-state index contributed by atoms with van der Waals surface area (Å²) in [6.45, 7) is 0.139. The molecule has 9 nitrogen and oxygen atoms in total. The lowest BCUT2D eigenvalue weighted by Crippen LogP contribution is -2.13. The van der Waals surface area contributed by atoms with Crippen molar-refractivity contribution in [3.05, 3.63) is 59.1 Å². The summed E-state index contributed by atoms with van der Waals surface area (Å²) in [5, 5.41) is 19.8. The maximum atomic E-state index is 12.1. The molecular weight excluding hydrogens is 348 g/mol. The van der Waals surface area contributed by atoms with E-state index in [1.807, 2.05) is 18.2 Å². The van der Waals surface area contributed by atoms with E-state index in [4.69, 9.17) is 16.7 Å². The molecule has 1 amide bonds. The number of aromatic nitrogens is 5. The number of amides is 1. The number of halogens is 1. The van der Waals surface area contributed by atoms with Crippen LogP contribution in [0.25, 0.3) is 0 Å². The molecule has 0 spiro atoms. The monoisotopic (exact) mass is 360 g/mol. The Morgan fingerprint density at radius 2 is 2.12 bits per heavy atom. The van der Waals surface area contributed by atoms with Crippen LogP contribution in [0.2, 0.25) is 5.02 Å². The van der Waals surface area contributed by atoms with Crippen LogP contribution in [0.4, 0.5) is 5.95 Å². The van der Waals surface area contributed by atoms with Crippen molar-refractivity contribution >= 4 is 29.4 Å². The lowest BCUT2D eigenvalue weighted by molar-refractivity contribution is -0.137. The van der Waals surface area contributed by atoms with Crippen LogP contribution in [-0.2, 0) is 17.9 Å². The van der Waals surface area contributed by atoms with Gasteiger partial charge in [-0.3, -0.25) is 19.6 Å². The van der Waals surface area contributed by atoms with E-state index in [0.717, 1.165) is 10.2 Å². The SMILES string of the molecule is O=C(O)Cn1cc(C(=O)Nc2ncn(Cc3cccc(Cl)c3)n2)cn1. The summed E-state index contributed by atoms with van der Waals surface area (Å²) < 4.78 is 2.72. The molecule has 25 heavy (non-hydrogen) atoms. The molecule has 1 aromatic carbocycles. The van der Waals surface area contributed by atoms with Crippen molar-refractivity contribution < 1.29 is 14.7 Å². The molecule has 10 heteroatoms. The van der Waals surface area contributed by atoms with Crippen molar-refractivity contribution in [3.8, 4) is 0 Å². The minimum atomic E-state index is -1.04. The first-order valence-electron chi connectivity index (χ1n) is 7.19. The molecule has 3 aromatic rings. The van der Waals surface area contributed by atoms with Crippen LogP contribution in [0.5, 0.6) is 0 Å². The summed E-state index contributed by atoms with van der Waals surface area (Å²) in [7, 11) is 0. The van der Waals surface area contributed by atoms with Gasteiger partial charge in [0.2, 0.25) is 5.95 Å². The number of carboxylic acids is 1. The fourth-order valence-electron chi connectivity index (χ4n) is 2.13. The van der Waals surface area contributed by atoms with Crippen molar-refractivity contribution in [1.82, 2.24) is 24.5 Å². The first kappa shape index (κ1) is 16.7. The van der Waals surface area contributed by atoms with Crippen molar-refractivity contribution in [2.45, 2.75) is 13.1 Å². The van der Waals surface area contributed by atoms with Crippen LogP contribution in [0.15, 0.2) is 43.0 Å². The lowest BCUT2D eigenvalue weighted by atomic mass is 10.2. The van der Waals surface area contributed by atoms with Gasteiger partial charge in [-0.2, -0.15) is 5.10 Å². The molecule has 0 saturated carbocycles. The van der Waals surface area contributed by atoms with Gasteiger partial charge in [-0.05, 0) is 17.7 Å². The Balaban J connectivity index is 1.63. The second kappa shape index (κ2) is 7.14. The van der Waals surface area contributed by atoms with E-state index in [-0.39, 0.29) is 18.1 Å². The van der Waals surface area contributed by atoms with Gasteiger partial charge in [0, 0.05) is 11.2 Å². The number of nitrogens with zero attached hydrogens (tertiary/aromatic N) is 5. The Bertz CT molecular complexity index is 919. The summed E-state index contributed by atoms with van der Waals surface area (Å²) in [4.78, 5) is 26.7. The van der Waals surface area contributed by atoms with Crippen molar-refractivity contribution in [2.24, 2.45) is 0 Å². The quantitative estimate of drug-likeness (QED) is 0.688. The van der Waals surface area contributed by atoms with Crippen molar-refractivity contribution in [1.29, 1.82) is 0 Å². The third kappa shape index (κ3) is 4.42. The van der Waals surface area contributed by atoms with Crippen LogP contribution in [0.3, 0.4) is 0 Å². The minimum Gasteiger partial charge on any atom is -0.480 e. The maximum Gasteiger partial charge on any atom is 0.325 e. The highest BCUT2D eigenvalue weighted by molar-refractivity contribution is 6.30. The third-order valence-electron chi connectivity index (χ3n) is 3.19. The number of rotatable bonds is 6. The van der Waals surface area contributed by atoms with E-state index in [9.17, 15) is 9.59 Å². The largest absolute Gasteiger partial charge is 0.480 e. The number of anilines is 1. The van der Waals surface area contributed by atoms with Gasteiger partial charge in [-0.25, -0.2) is 9.67 Å². The van der Waals surface area contributed by atoms with E-state index in [1.165, 1.54) is 18.7 Å². The van der Waals surface area contributed by atoms with Crippen LogP contribution >= 0.6 is 11.6 Å². The molecular formula is C15H13ClN6O3. The third-order valence-corrected chi connectivity index (χ3v) is 3.42. The smallest absolute Gasteiger partial charge is 0.325 e. The van der Waals surface area contributed by atoms with Crippen molar-refractivity contribution in [2.75, 3.05) is 5.32 Å². The van der Waals surface area contributed by atoms with Gasteiger partial charge in [-0.15, -0.1) is 5.10 Å². The summed E-state index contributed by atoms with van der Waals surface area (Å²) in [5.74, 6) is -1.38. The topological polar surface area (TPSA) is 115 Å². The Morgan fingerprint density at radius 1 is 1.28 bits per heavy atom. The van der Waals surface area contributed by atoms with Crippen LogP contribution in [0, 0.1) is 0 Å². The van der Waals surface area contributed by atoms with Gasteiger partial charge in [-0.1, -0.05) is 23.7 Å². The first-order chi connectivity index (χ1) is 12.0. The Hall–Kier alpha value is -3.20. The average molecular weight is 361 g/mol. The molecule has 0 aliphatic carbocycles. The van der Waals surface area contributed by atoms with Gasteiger partial charge in [0.15, 0.2) is 0 Å². The zero-order valence-corrected chi connectivity index (χ0v) is 13.6. The highest BCUT2D eigenvalue weighted by atomic mass is 35.5. The molecule has 0 aliphatic rings. The molecule has 0 saturated heterocycles. The number of carbonyl (C=O) groups is 2. The molecule has 2 heterocycles. The Kier molecular flexibility index (Phi) is 4.75. The standard InChI is InChI=1S/C15H13ClN6O3/c16-12-3-1-2-10(4-12)6-22-9-17-15(20-22)19-14(25)11-5-18-21(7-11)8-13(23)24/h1-5,7,9H,6,8H2,(H,23,24)(H,19,20,25). The van der Waals surface area contributed by atoms with Crippen LogP contribution in [-0.4, -0.2) is 41.5 Å². The van der Waals surface area contributed by atoms with E-state index < -0.39 is 11.9 Å². The zero-order chi connectivity index (χ0) is 17.8. The minimum absolute atomic E-state index is 0.137. The molecule has 0 atom stereocenters. The second-order valence-corrected chi connectivity index (χ2v) is 5.61. The first-order valence-corrected chi connectivity index (χ1v) is 7.57. The number of hydrogen-bond acceptors (Lipinski definition) is 5. The normalized spacial score (nSPS) is 10.6. The number of carboxylic acid groups (broad SMARTS) is 1. The average Bonchev–Trinajstić information content (AvgIpc) is 3.16. The summed E-state index contributed by atoms with van der Waals surface area (Å²) in [6.07, 6.45) is 4.11. The maximum absolute atomic E-state index is 12.1. The number of hydrogen-bond donors (Lipinski definition) is 2. The zero-order valence-electron chi connectivity index (χ0n) is 12.8. The van der Waals surface area contributed by atoms with Gasteiger partial charge >= 0.3 is 5.97 Å². The summed E-state index contributed by atoms with van der Waals surface area (Å²) in [6, 6.07) is 7.34. The predicted octanol–water partition coefficient (Wildman–Crippen LogP) is 1.51. The summed E-state index contributed by atoms with van der Waals surface area (Å²) >= 11 is 5.94. The van der Waals surface area contributed by atoms with Gasteiger partial charge < -0.3 is 5.11 Å². The van der Waals surface area contributed by atoms with E-state index in [0.29, 0.717) is 11.6 Å². The number of nitrogens with one attached hydrogen (secondary N) is 1. The predicted molar refractivity (Wildman–Crippen MR) is 88.4 cm³/mol. The molecule has 0 bridgehead atoms. The Morgan fingerprint density at radius 3 is 2.88 bits per heavy atom. The summed E-state index contributed by atoms with van der Waals surface area (Å²) in [5.41, 5.74) is 1.16. The highest BCUT2D eigenvalue weighted by Gasteiger charge is 2.12. The molecule has 0 unspecified atom stereocenters. The molecule has 0 fully saturated rings. The number of carbonyl (C=O) groups excluding carboxylic acids is 1. The highest BCUT2D eigenvalue weighted by Crippen LogP contribution is 2.12. The van der Waals surface area contributed by atoms with Crippen LogP contribution < -0.4 is 5.32 Å². The Labute approximate surface area is 146 Å². The second-order valence-electron chi connectivity index (χ2n) is 5.17. The molecule has 0 radical (unpaired) electrons. The molecule has 3 rings (SSSR count). The van der Waals surface area contributed by atoms with Gasteiger partial charge in [0.25, 0.3) is 5.91 Å². The van der Waals surface area contributed by atoms with Gasteiger partial charge in [0.1, 0.15) is 12.9 Å². The van der Waals surface area contributed by atoms with Crippen LogP contribution in [0.1, 0.15) is 15.9 Å². The number of aliphatic carboxylic acids is 1. The number of benzene rings is 1. The van der Waals surface area contributed by atoms with Crippen molar-refractivity contribution in [3.63, 3.8) is 0 Å². The molecule has 0 aliphatic heterocycles. The fraction of sp³-hybridized carbons (Fsp3) is 0.133. The fourth-order valence-corrected chi connectivity index (χ4v) is 2.34. The van der Waals surface area contributed by atoms with E-state index in [1.54, 1.807) is 10.7 Å². The molecule has 2 aromatic heterocycles. The lowest BCUT2D eigenvalue weighted by Gasteiger charge is -2.01. The van der Waals surface area contributed by atoms with E-state index >= 15 is 0 Å².